The Labute approximate surface area is 164 Å². The first-order valence-corrected chi connectivity index (χ1v) is 8.82. The Morgan fingerprint density at radius 3 is 2.55 bits per heavy atom. The van der Waals surface area contributed by atoms with Crippen molar-refractivity contribution in [3.8, 4) is 5.75 Å². The molecule has 0 aliphatic heterocycles. The number of ether oxygens (including phenoxy) is 1. The molecular formula is C22H16F2N2O3. The predicted octanol–water partition coefficient (Wildman–Crippen LogP) is 5.26. The number of carbonyl (C=O) groups is 1. The highest BCUT2D eigenvalue weighted by Crippen LogP contribution is 2.28. The van der Waals surface area contributed by atoms with Gasteiger partial charge in [-0.05, 0) is 29.8 Å². The molecule has 0 fully saturated rings. The lowest BCUT2D eigenvalue weighted by Crippen LogP contribution is -2.18. The van der Waals surface area contributed by atoms with Crippen LogP contribution in [0, 0.1) is 6.92 Å². The minimum Gasteiger partial charge on any atom is -0.451 e. The molecule has 7 heteroatoms. The minimum atomic E-state index is -2.98. The molecular weight excluding hydrogens is 378 g/mol. The van der Waals surface area contributed by atoms with Gasteiger partial charge in [0.15, 0.2) is 5.76 Å². The molecule has 0 aliphatic rings. The summed E-state index contributed by atoms with van der Waals surface area (Å²) in [6, 6.07) is 17.7. The highest BCUT2D eigenvalue weighted by Gasteiger charge is 2.17. The van der Waals surface area contributed by atoms with E-state index < -0.39 is 12.5 Å². The fourth-order valence-electron chi connectivity index (χ4n) is 3.20. The van der Waals surface area contributed by atoms with E-state index in [1.807, 2.05) is 30.3 Å². The van der Waals surface area contributed by atoms with Crippen LogP contribution in [0.3, 0.4) is 0 Å². The van der Waals surface area contributed by atoms with Crippen molar-refractivity contribution in [1.29, 1.82) is 0 Å². The van der Waals surface area contributed by atoms with Gasteiger partial charge in [0.2, 0.25) is 0 Å². The van der Waals surface area contributed by atoms with Crippen LogP contribution in [0.2, 0.25) is 0 Å². The first-order valence-electron chi connectivity index (χ1n) is 8.82. The van der Waals surface area contributed by atoms with Gasteiger partial charge >= 0.3 is 12.5 Å². The molecule has 146 valence electrons. The van der Waals surface area contributed by atoms with Crippen molar-refractivity contribution in [1.82, 2.24) is 5.43 Å². The van der Waals surface area contributed by atoms with Crippen LogP contribution in [0.5, 0.6) is 5.75 Å². The summed E-state index contributed by atoms with van der Waals surface area (Å²) in [6.45, 7) is -1.19. The normalized spacial score (nSPS) is 11.6. The fourth-order valence-corrected chi connectivity index (χ4v) is 3.20. The minimum absolute atomic E-state index is 0.0309. The molecule has 0 bridgehead atoms. The Kier molecular flexibility index (Phi) is 4.95. The number of amides is 1. The second-order valence-electron chi connectivity index (χ2n) is 6.33. The van der Waals surface area contributed by atoms with Crippen LogP contribution in [0.15, 0.2) is 70.2 Å². The zero-order valence-electron chi connectivity index (χ0n) is 15.4. The lowest BCUT2D eigenvalue weighted by molar-refractivity contribution is -0.0498. The molecule has 1 N–H and O–H groups in total. The molecule has 29 heavy (non-hydrogen) atoms. The third-order valence-electron chi connectivity index (χ3n) is 4.56. The summed E-state index contributed by atoms with van der Waals surface area (Å²) in [6.07, 6.45) is 1.29. The topological polar surface area (TPSA) is 63.8 Å². The van der Waals surface area contributed by atoms with Gasteiger partial charge in [0.1, 0.15) is 11.3 Å². The number of benzene rings is 3. The van der Waals surface area contributed by atoms with Gasteiger partial charge in [-0.1, -0.05) is 48.5 Å². The zero-order valence-corrected chi connectivity index (χ0v) is 15.4. The van der Waals surface area contributed by atoms with Crippen molar-refractivity contribution in [2.75, 3.05) is 0 Å². The van der Waals surface area contributed by atoms with E-state index in [1.54, 1.807) is 31.2 Å². The van der Waals surface area contributed by atoms with Crippen molar-refractivity contribution in [3.05, 3.63) is 77.6 Å². The van der Waals surface area contributed by atoms with E-state index in [9.17, 15) is 13.6 Å². The number of hydrogen-bond acceptors (Lipinski definition) is 4. The predicted molar refractivity (Wildman–Crippen MR) is 107 cm³/mol. The Bertz CT molecular complexity index is 1230. The Balaban J connectivity index is 1.64. The summed E-state index contributed by atoms with van der Waals surface area (Å²) in [4.78, 5) is 12.5. The third kappa shape index (κ3) is 3.67. The largest absolute Gasteiger partial charge is 0.451 e. The van der Waals surface area contributed by atoms with Crippen LogP contribution < -0.4 is 10.2 Å². The van der Waals surface area contributed by atoms with Crippen LogP contribution in [0.1, 0.15) is 21.7 Å². The van der Waals surface area contributed by atoms with Gasteiger partial charge in [-0.3, -0.25) is 4.79 Å². The number of furan rings is 1. The standard InChI is InChI=1S/C22H16F2N2O3/c1-13-15-7-4-5-9-18(15)28-20(13)21(27)26-25-12-17-16-8-3-2-6-14(16)10-11-19(17)29-22(23)24/h2-12,22H,1H3,(H,26,27)/b25-12-. The molecule has 3 aromatic carbocycles. The fraction of sp³-hybridized carbons (Fsp3) is 0.0909. The molecule has 0 saturated heterocycles. The monoisotopic (exact) mass is 394 g/mol. The first kappa shape index (κ1) is 18.6. The summed E-state index contributed by atoms with van der Waals surface area (Å²) in [5.74, 6) is -0.423. The molecule has 1 heterocycles. The number of halogens is 2. The van der Waals surface area contributed by atoms with E-state index in [2.05, 4.69) is 15.3 Å². The number of alkyl halides is 2. The van der Waals surface area contributed by atoms with Crippen molar-refractivity contribution in [3.63, 3.8) is 0 Å². The molecule has 4 aromatic rings. The molecule has 0 saturated carbocycles. The van der Waals surface area contributed by atoms with Crippen molar-refractivity contribution >= 4 is 33.9 Å². The number of carbonyl (C=O) groups excluding carboxylic acids is 1. The van der Waals surface area contributed by atoms with Gasteiger partial charge in [0.05, 0.1) is 6.21 Å². The van der Waals surface area contributed by atoms with Gasteiger partial charge in [-0.15, -0.1) is 0 Å². The number of hydrogen-bond donors (Lipinski definition) is 1. The summed E-state index contributed by atoms with van der Waals surface area (Å²) in [7, 11) is 0. The smallest absolute Gasteiger partial charge is 0.387 e. The number of nitrogens with zero attached hydrogens (tertiary/aromatic N) is 1. The van der Waals surface area contributed by atoms with Crippen molar-refractivity contribution < 1.29 is 22.7 Å². The third-order valence-corrected chi connectivity index (χ3v) is 4.56. The lowest BCUT2D eigenvalue weighted by atomic mass is 10.0. The molecule has 0 radical (unpaired) electrons. The average molecular weight is 394 g/mol. The maximum Gasteiger partial charge on any atom is 0.387 e. The van der Waals surface area contributed by atoms with Crippen LogP contribution in [0.25, 0.3) is 21.7 Å². The highest BCUT2D eigenvalue weighted by atomic mass is 19.3. The number of aryl methyl sites for hydroxylation is 1. The van der Waals surface area contributed by atoms with Gasteiger partial charge in [0, 0.05) is 16.5 Å². The zero-order chi connectivity index (χ0) is 20.4. The van der Waals surface area contributed by atoms with E-state index in [0.717, 1.165) is 10.8 Å². The second-order valence-corrected chi connectivity index (χ2v) is 6.33. The van der Waals surface area contributed by atoms with Gasteiger partial charge in [-0.25, -0.2) is 5.43 Å². The highest BCUT2D eigenvalue weighted by molar-refractivity contribution is 6.03. The summed E-state index contributed by atoms with van der Waals surface area (Å²) < 4.78 is 35.7. The number of hydrazone groups is 1. The van der Waals surface area contributed by atoms with E-state index >= 15 is 0 Å². The lowest BCUT2D eigenvalue weighted by Gasteiger charge is -2.10. The van der Waals surface area contributed by atoms with Gasteiger partial charge < -0.3 is 9.15 Å². The molecule has 4 rings (SSSR count). The molecule has 0 unspecified atom stereocenters. The summed E-state index contributed by atoms with van der Waals surface area (Å²) >= 11 is 0. The van der Waals surface area contributed by atoms with Crippen LogP contribution in [0.4, 0.5) is 8.78 Å². The number of rotatable bonds is 5. The Morgan fingerprint density at radius 2 is 1.79 bits per heavy atom. The molecule has 1 aromatic heterocycles. The molecule has 0 spiro atoms. The SMILES string of the molecule is Cc1c(C(=O)N/N=C\c2c(OC(F)F)ccc3ccccc23)oc2ccccc12. The molecule has 5 nitrogen and oxygen atoms in total. The Morgan fingerprint density at radius 1 is 1.07 bits per heavy atom. The van der Waals surface area contributed by atoms with Crippen molar-refractivity contribution in [2.24, 2.45) is 5.10 Å². The van der Waals surface area contributed by atoms with E-state index in [-0.39, 0.29) is 11.5 Å². The van der Waals surface area contributed by atoms with E-state index in [1.165, 1.54) is 12.3 Å². The first-order chi connectivity index (χ1) is 14.0. The summed E-state index contributed by atoms with van der Waals surface area (Å²) in [5.41, 5.74) is 4.02. The summed E-state index contributed by atoms with van der Waals surface area (Å²) in [5, 5.41) is 6.27. The molecule has 0 aliphatic carbocycles. The maximum absolute atomic E-state index is 12.8. The van der Waals surface area contributed by atoms with E-state index in [0.29, 0.717) is 22.1 Å². The number of para-hydroxylation sites is 1. The van der Waals surface area contributed by atoms with Crippen molar-refractivity contribution in [2.45, 2.75) is 13.5 Å². The molecule has 1 amide bonds. The van der Waals surface area contributed by atoms with Crippen LogP contribution in [-0.4, -0.2) is 18.7 Å². The quantitative estimate of drug-likeness (QED) is 0.371. The Hall–Kier alpha value is -3.74. The van der Waals surface area contributed by atoms with Crippen LogP contribution >= 0.6 is 0 Å². The number of nitrogens with one attached hydrogen (secondary N) is 1. The average Bonchev–Trinajstić information content (AvgIpc) is 3.06. The maximum atomic E-state index is 12.8. The van der Waals surface area contributed by atoms with Gasteiger partial charge in [-0.2, -0.15) is 13.9 Å². The van der Waals surface area contributed by atoms with E-state index in [4.69, 9.17) is 4.42 Å². The van der Waals surface area contributed by atoms with Gasteiger partial charge in [0.25, 0.3) is 0 Å². The van der Waals surface area contributed by atoms with Crippen LogP contribution in [-0.2, 0) is 0 Å². The molecule has 0 atom stereocenters. The second kappa shape index (κ2) is 7.71. The number of fused-ring (bicyclic) bond motifs is 2.